The van der Waals surface area contributed by atoms with Crippen molar-refractivity contribution < 1.29 is 0 Å². The Hall–Kier alpha value is -1.02. The molecule has 1 aromatic rings. The Morgan fingerprint density at radius 1 is 1.29 bits per heavy atom. The summed E-state index contributed by atoms with van der Waals surface area (Å²) in [5.41, 5.74) is 8.36. The summed E-state index contributed by atoms with van der Waals surface area (Å²) < 4.78 is 0. The summed E-state index contributed by atoms with van der Waals surface area (Å²) in [7, 11) is 2.07. The van der Waals surface area contributed by atoms with E-state index in [1.54, 1.807) is 0 Å². The average Bonchev–Trinajstić information content (AvgIpc) is 2.17. The van der Waals surface area contributed by atoms with Gasteiger partial charge in [0.05, 0.1) is 0 Å². The van der Waals surface area contributed by atoms with E-state index in [0.717, 1.165) is 13.0 Å². The normalized spacial score (nSPS) is 12.6. The second-order valence-electron chi connectivity index (χ2n) is 3.88. The smallest absolute Gasteiger partial charge is 0.0364 e. The molecule has 0 aliphatic heterocycles. The summed E-state index contributed by atoms with van der Waals surface area (Å²) in [5, 5.41) is 0. The van der Waals surface area contributed by atoms with Crippen LogP contribution in [-0.4, -0.2) is 19.6 Å². The Bertz CT molecular complexity index is 264. The number of hydrogen-bond acceptors (Lipinski definition) is 2. The van der Waals surface area contributed by atoms with E-state index in [1.165, 1.54) is 11.3 Å². The van der Waals surface area contributed by atoms with Crippen LogP contribution in [0.15, 0.2) is 24.3 Å². The third-order valence-electron chi connectivity index (χ3n) is 2.35. The lowest BCUT2D eigenvalue weighted by molar-refractivity contribution is 0.717. The molecule has 1 unspecified atom stereocenters. The number of likely N-dealkylation sites (N-methyl/N-ethyl adjacent to an activating group) is 1. The highest BCUT2D eigenvalue weighted by Crippen LogP contribution is 2.13. The number of rotatable bonds is 4. The van der Waals surface area contributed by atoms with Crippen molar-refractivity contribution in [3.05, 3.63) is 29.8 Å². The minimum Gasteiger partial charge on any atom is -0.373 e. The molecule has 1 aromatic carbocycles. The molecular formula is C12H20N2. The van der Waals surface area contributed by atoms with Gasteiger partial charge in [0.2, 0.25) is 0 Å². The van der Waals surface area contributed by atoms with Gasteiger partial charge < -0.3 is 10.6 Å². The van der Waals surface area contributed by atoms with Crippen molar-refractivity contribution in [2.24, 2.45) is 5.73 Å². The lowest BCUT2D eigenvalue weighted by atomic mass is 10.1. The maximum atomic E-state index is 5.75. The highest BCUT2D eigenvalue weighted by atomic mass is 15.1. The van der Waals surface area contributed by atoms with E-state index < -0.39 is 0 Å². The molecule has 2 heteroatoms. The fraction of sp³-hybridized carbons (Fsp3) is 0.500. The third-order valence-corrected chi connectivity index (χ3v) is 2.35. The topological polar surface area (TPSA) is 29.3 Å². The molecule has 0 heterocycles. The number of anilines is 1. The Morgan fingerprint density at radius 3 is 2.29 bits per heavy atom. The van der Waals surface area contributed by atoms with E-state index in [9.17, 15) is 0 Å². The summed E-state index contributed by atoms with van der Waals surface area (Å²) in [6.45, 7) is 5.09. The lowest BCUT2D eigenvalue weighted by Gasteiger charge is -2.21. The predicted octanol–water partition coefficient (Wildman–Crippen LogP) is 2.03. The zero-order valence-electron chi connectivity index (χ0n) is 9.33. The van der Waals surface area contributed by atoms with Gasteiger partial charge in [-0.3, -0.25) is 0 Å². The molecule has 2 N–H and O–H groups in total. The van der Waals surface area contributed by atoms with Gasteiger partial charge in [-0.25, -0.2) is 0 Å². The Morgan fingerprint density at radius 2 is 1.86 bits per heavy atom. The monoisotopic (exact) mass is 192 g/mol. The molecule has 0 radical (unpaired) electrons. The fourth-order valence-electron chi connectivity index (χ4n) is 1.52. The van der Waals surface area contributed by atoms with Crippen LogP contribution < -0.4 is 10.6 Å². The molecule has 0 aliphatic carbocycles. The number of nitrogens with zero attached hydrogens (tertiary/aromatic N) is 1. The molecule has 0 spiro atoms. The lowest BCUT2D eigenvalue weighted by Crippen LogP contribution is -2.32. The highest BCUT2D eigenvalue weighted by molar-refractivity contribution is 5.46. The van der Waals surface area contributed by atoms with Crippen molar-refractivity contribution >= 4 is 5.69 Å². The van der Waals surface area contributed by atoms with Crippen LogP contribution >= 0.6 is 0 Å². The maximum absolute atomic E-state index is 5.75. The summed E-state index contributed by atoms with van der Waals surface area (Å²) in [4.78, 5) is 2.18. The maximum Gasteiger partial charge on any atom is 0.0364 e. The van der Waals surface area contributed by atoms with Gasteiger partial charge in [0.25, 0.3) is 0 Å². The van der Waals surface area contributed by atoms with Gasteiger partial charge in [0.15, 0.2) is 0 Å². The van der Waals surface area contributed by atoms with E-state index in [2.05, 4.69) is 43.1 Å². The molecule has 0 amide bonds. The molecule has 2 nitrogen and oxygen atoms in total. The standard InChI is InChI=1S/C12H20N2/c1-4-11-5-7-12(8-6-11)14(3)9-10(2)13/h5-8,10H,4,9,13H2,1-3H3. The van der Waals surface area contributed by atoms with Crippen molar-refractivity contribution in [3.63, 3.8) is 0 Å². The molecule has 78 valence electrons. The summed E-state index contributed by atoms with van der Waals surface area (Å²) in [5.74, 6) is 0. The van der Waals surface area contributed by atoms with Gasteiger partial charge in [-0.05, 0) is 31.0 Å². The molecule has 0 aliphatic rings. The molecule has 1 atom stereocenters. The van der Waals surface area contributed by atoms with E-state index in [1.807, 2.05) is 6.92 Å². The van der Waals surface area contributed by atoms with Crippen LogP contribution in [0.2, 0.25) is 0 Å². The zero-order chi connectivity index (χ0) is 10.6. The summed E-state index contributed by atoms with van der Waals surface area (Å²) in [6.07, 6.45) is 1.09. The fourth-order valence-corrected chi connectivity index (χ4v) is 1.52. The van der Waals surface area contributed by atoms with Gasteiger partial charge in [-0.15, -0.1) is 0 Å². The first-order chi connectivity index (χ1) is 6.63. The zero-order valence-corrected chi connectivity index (χ0v) is 9.33. The van der Waals surface area contributed by atoms with Crippen molar-refractivity contribution in [1.29, 1.82) is 0 Å². The van der Waals surface area contributed by atoms with Gasteiger partial charge in [-0.1, -0.05) is 19.1 Å². The van der Waals surface area contributed by atoms with E-state index in [-0.39, 0.29) is 6.04 Å². The minimum atomic E-state index is 0.214. The van der Waals surface area contributed by atoms with Crippen molar-refractivity contribution in [1.82, 2.24) is 0 Å². The van der Waals surface area contributed by atoms with Crippen molar-refractivity contribution in [2.45, 2.75) is 26.3 Å². The molecule has 0 bridgehead atoms. The second-order valence-corrected chi connectivity index (χ2v) is 3.88. The van der Waals surface area contributed by atoms with Gasteiger partial charge >= 0.3 is 0 Å². The predicted molar refractivity (Wildman–Crippen MR) is 62.7 cm³/mol. The average molecular weight is 192 g/mol. The molecule has 1 rings (SSSR count). The third kappa shape index (κ3) is 3.04. The molecule has 14 heavy (non-hydrogen) atoms. The van der Waals surface area contributed by atoms with Crippen LogP contribution in [0.4, 0.5) is 5.69 Å². The largest absolute Gasteiger partial charge is 0.373 e. The highest BCUT2D eigenvalue weighted by Gasteiger charge is 2.02. The first-order valence-corrected chi connectivity index (χ1v) is 5.19. The molecule has 0 saturated heterocycles. The number of benzene rings is 1. The summed E-state index contributed by atoms with van der Waals surface area (Å²) in [6, 6.07) is 8.87. The number of hydrogen-bond donors (Lipinski definition) is 1. The summed E-state index contributed by atoms with van der Waals surface area (Å²) >= 11 is 0. The molecule has 0 saturated carbocycles. The molecule has 0 fully saturated rings. The first-order valence-electron chi connectivity index (χ1n) is 5.19. The van der Waals surface area contributed by atoms with Crippen molar-refractivity contribution in [2.75, 3.05) is 18.5 Å². The Balaban J connectivity index is 2.66. The number of nitrogens with two attached hydrogens (primary N) is 1. The first kappa shape index (κ1) is 11.1. The van der Waals surface area contributed by atoms with Gasteiger partial charge in [0.1, 0.15) is 0 Å². The van der Waals surface area contributed by atoms with Crippen LogP contribution in [0.5, 0.6) is 0 Å². The van der Waals surface area contributed by atoms with Crippen LogP contribution in [0.1, 0.15) is 19.4 Å². The number of aryl methyl sites for hydroxylation is 1. The van der Waals surface area contributed by atoms with Gasteiger partial charge in [-0.2, -0.15) is 0 Å². The second kappa shape index (κ2) is 5.01. The van der Waals surface area contributed by atoms with Gasteiger partial charge in [0, 0.05) is 25.3 Å². The molecular weight excluding hydrogens is 172 g/mol. The van der Waals surface area contributed by atoms with Crippen LogP contribution in [-0.2, 0) is 6.42 Å². The minimum absolute atomic E-state index is 0.214. The SMILES string of the molecule is CCc1ccc(N(C)CC(C)N)cc1. The molecule has 0 aromatic heterocycles. The van der Waals surface area contributed by atoms with Crippen LogP contribution in [0, 0.1) is 0 Å². The van der Waals surface area contributed by atoms with E-state index >= 15 is 0 Å². The Kier molecular flexibility index (Phi) is 3.96. The van der Waals surface area contributed by atoms with Crippen molar-refractivity contribution in [3.8, 4) is 0 Å². The van der Waals surface area contributed by atoms with E-state index in [0.29, 0.717) is 0 Å². The quantitative estimate of drug-likeness (QED) is 0.791. The van der Waals surface area contributed by atoms with Crippen LogP contribution in [0.25, 0.3) is 0 Å². The van der Waals surface area contributed by atoms with Crippen LogP contribution in [0.3, 0.4) is 0 Å². The van der Waals surface area contributed by atoms with E-state index in [4.69, 9.17) is 5.73 Å². The Labute approximate surface area is 86.7 Å².